The van der Waals surface area contributed by atoms with Crippen LogP contribution in [0.25, 0.3) is 17.4 Å². The predicted octanol–water partition coefficient (Wildman–Crippen LogP) is 6.84. The lowest BCUT2D eigenvalue weighted by atomic mass is 9.94. The number of benzene rings is 1. The molecule has 1 saturated carbocycles. The molecule has 2 aromatic heterocycles. The van der Waals surface area contributed by atoms with Crippen molar-refractivity contribution in [3.63, 3.8) is 0 Å². The molecule has 2 aliphatic rings. The number of amides is 1. The van der Waals surface area contributed by atoms with Crippen LogP contribution in [0.1, 0.15) is 37.9 Å². The fourth-order valence-corrected chi connectivity index (χ4v) is 5.47. The number of hydrogen-bond donors (Lipinski definition) is 0. The highest BCUT2D eigenvalue weighted by Crippen LogP contribution is 2.39. The van der Waals surface area contributed by atoms with Crippen LogP contribution in [0.3, 0.4) is 0 Å². The maximum Gasteiger partial charge on any atom is 0.270 e. The molecule has 5 rings (SSSR count). The monoisotopic (exact) mass is 508 g/mol. The molecule has 2 fully saturated rings. The van der Waals surface area contributed by atoms with Crippen LogP contribution in [0, 0.1) is 10.1 Å². The summed E-state index contributed by atoms with van der Waals surface area (Å²) in [7, 11) is 0. The van der Waals surface area contributed by atoms with Gasteiger partial charge in [-0.25, -0.2) is 9.98 Å². The zero-order chi connectivity index (χ0) is 24.4. The molecule has 35 heavy (non-hydrogen) atoms. The van der Waals surface area contributed by atoms with Crippen LogP contribution in [0.4, 0.5) is 11.4 Å². The van der Waals surface area contributed by atoms with Crippen molar-refractivity contribution in [2.24, 2.45) is 4.99 Å². The third-order valence-electron chi connectivity index (χ3n) is 5.97. The fraction of sp³-hybridized carbons (Fsp3) is 0.240. The number of nitrogens with zero attached hydrogens (tertiary/aromatic N) is 4. The van der Waals surface area contributed by atoms with Gasteiger partial charge in [-0.05, 0) is 48.9 Å². The highest BCUT2D eigenvalue weighted by atomic mass is 35.5. The molecule has 0 unspecified atom stereocenters. The lowest BCUT2D eigenvalue weighted by molar-refractivity contribution is -0.384. The second-order valence-corrected chi connectivity index (χ2v) is 9.66. The molecule has 8 nitrogen and oxygen atoms in total. The molecule has 0 spiro atoms. The first-order valence-corrected chi connectivity index (χ1v) is 12.5. The van der Waals surface area contributed by atoms with E-state index in [1.807, 2.05) is 0 Å². The maximum absolute atomic E-state index is 13.5. The van der Waals surface area contributed by atoms with Crippen LogP contribution in [0.5, 0.6) is 0 Å². The van der Waals surface area contributed by atoms with Gasteiger partial charge in [0.1, 0.15) is 17.2 Å². The van der Waals surface area contributed by atoms with E-state index in [1.54, 1.807) is 53.6 Å². The van der Waals surface area contributed by atoms with Gasteiger partial charge in [-0.1, -0.05) is 43.0 Å². The molecule has 1 aliphatic heterocycles. The molecule has 0 bridgehead atoms. The van der Waals surface area contributed by atoms with Gasteiger partial charge in [-0.3, -0.25) is 19.8 Å². The van der Waals surface area contributed by atoms with Crippen LogP contribution in [-0.4, -0.2) is 31.9 Å². The lowest BCUT2D eigenvalue weighted by Crippen LogP contribution is -2.40. The molecule has 1 saturated heterocycles. The number of thioether (sulfide) groups is 1. The lowest BCUT2D eigenvalue weighted by Gasteiger charge is -2.30. The number of furan rings is 1. The zero-order valence-electron chi connectivity index (χ0n) is 18.6. The number of aromatic nitrogens is 1. The third kappa shape index (κ3) is 5.01. The van der Waals surface area contributed by atoms with Crippen LogP contribution >= 0.6 is 23.4 Å². The summed E-state index contributed by atoms with van der Waals surface area (Å²) < 4.78 is 5.91. The quantitative estimate of drug-likeness (QED) is 0.162. The maximum atomic E-state index is 13.5. The molecule has 1 aliphatic carbocycles. The van der Waals surface area contributed by atoms with Gasteiger partial charge < -0.3 is 4.42 Å². The van der Waals surface area contributed by atoms with E-state index in [-0.39, 0.29) is 22.8 Å². The van der Waals surface area contributed by atoms with Gasteiger partial charge in [0.15, 0.2) is 10.3 Å². The summed E-state index contributed by atoms with van der Waals surface area (Å²) in [6.07, 6.45) is 8.46. The van der Waals surface area contributed by atoms with Crippen molar-refractivity contribution >= 4 is 51.9 Å². The SMILES string of the molecule is O=C1/C(=C\c2ccc(-c3cccc([N+](=O)[O-])c3)o2)SC(=Nc2cccnc2Cl)N1C1CCCCC1. The molecular weight excluding hydrogens is 488 g/mol. The smallest absolute Gasteiger partial charge is 0.270 e. The Labute approximate surface area is 210 Å². The number of hydrogen-bond acceptors (Lipinski definition) is 7. The predicted molar refractivity (Wildman–Crippen MR) is 136 cm³/mol. The Hall–Kier alpha value is -3.43. The minimum Gasteiger partial charge on any atom is -0.457 e. The topological polar surface area (TPSA) is 102 Å². The largest absolute Gasteiger partial charge is 0.457 e. The van der Waals surface area contributed by atoms with Crippen LogP contribution in [0.15, 0.2) is 69.0 Å². The number of amidine groups is 1. The van der Waals surface area contributed by atoms with E-state index in [0.717, 1.165) is 25.7 Å². The highest BCUT2D eigenvalue weighted by Gasteiger charge is 2.39. The van der Waals surface area contributed by atoms with Crippen molar-refractivity contribution in [2.45, 2.75) is 38.1 Å². The number of pyridine rings is 1. The Morgan fingerprint density at radius 3 is 2.77 bits per heavy atom. The number of aliphatic imine (C=N–C) groups is 1. The molecule has 1 aromatic carbocycles. The molecule has 0 atom stereocenters. The standard InChI is InChI=1S/C25H21ClN4O4S/c26-23-20(10-5-13-27-23)28-25-29(17-7-2-1-3-8-17)24(31)22(35-25)15-19-11-12-21(34-19)16-6-4-9-18(14-16)30(32)33/h4-6,9-15,17H,1-3,7-8H2/b22-15+,28-25?. The van der Waals surface area contributed by atoms with Crippen molar-refractivity contribution in [1.82, 2.24) is 9.88 Å². The molecular formula is C25H21ClN4O4S. The Kier molecular flexibility index (Phi) is 6.70. The normalized spacial score (nSPS) is 19.1. The molecule has 178 valence electrons. The Morgan fingerprint density at radius 1 is 1.17 bits per heavy atom. The number of carbonyl (C=O) groups excluding carboxylic acids is 1. The van der Waals surface area contributed by atoms with Gasteiger partial charge in [0, 0.05) is 36.0 Å². The van der Waals surface area contributed by atoms with E-state index >= 15 is 0 Å². The van der Waals surface area contributed by atoms with Crippen molar-refractivity contribution in [2.75, 3.05) is 0 Å². The van der Waals surface area contributed by atoms with E-state index in [0.29, 0.717) is 32.8 Å². The average molecular weight is 509 g/mol. The highest BCUT2D eigenvalue weighted by molar-refractivity contribution is 8.18. The van der Waals surface area contributed by atoms with Crippen LogP contribution in [-0.2, 0) is 4.79 Å². The number of non-ortho nitro benzene ring substituents is 1. The molecule has 1 amide bonds. The summed E-state index contributed by atoms with van der Waals surface area (Å²) in [5, 5.41) is 12.0. The van der Waals surface area contributed by atoms with E-state index < -0.39 is 4.92 Å². The molecule has 10 heteroatoms. The Balaban J connectivity index is 1.47. The van der Waals surface area contributed by atoms with E-state index in [2.05, 4.69) is 4.98 Å². The summed E-state index contributed by atoms with van der Waals surface area (Å²) in [6, 6.07) is 13.3. The van der Waals surface area contributed by atoms with Gasteiger partial charge in [0.05, 0.1) is 9.83 Å². The minimum atomic E-state index is -0.446. The van der Waals surface area contributed by atoms with Crippen molar-refractivity contribution < 1.29 is 14.1 Å². The number of nitro benzene ring substituents is 1. The number of carbonyl (C=O) groups is 1. The first kappa shape index (κ1) is 23.3. The van der Waals surface area contributed by atoms with Crippen LogP contribution in [0.2, 0.25) is 5.15 Å². The first-order chi connectivity index (χ1) is 17.0. The van der Waals surface area contributed by atoms with Gasteiger partial charge in [-0.15, -0.1) is 0 Å². The van der Waals surface area contributed by atoms with Gasteiger partial charge in [0.25, 0.3) is 11.6 Å². The second kappa shape index (κ2) is 10.1. The average Bonchev–Trinajstić information content (AvgIpc) is 3.46. The summed E-state index contributed by atoms with van der Waals surface area (Å²) >= 11 is 7.51. The van der Waals surface area contributed by atoms with Crippen molar-refractivity contribution in [3.8, 4) is 11.3 Å². The Morgan fingerprint density at radius 2 is 2.00 bits per heavy atom. The molecule has 3 aromatic rings. The molecule has 0 N–H and O–H groups in total. The van der Waals surface area contributed by atoms with Gasteiger partial charge in [0.2, 0.25) is 0 Å². The van der Waals surface area contributed by atoms with E-state index in [9.17, 15) is 14.9 Å². The van der Waals surface area contributed by atoms with Crippen molar-refractivity contribution in [1.29, 1.82) is 0 Å². The number of halogens is 1. The van der Waals surface area contributed by atoms with Crippen LogP contribution < -0.4 is 0 Å². The van der Waals surface area contributed by atoms with Crippen molar-refractivity contribution in [3.05, 3.63) is 80.7 Å². The molecule has 3 heterocycles. The summed E-state index contributed by atoms with van der Waals surface area (Å²) in [6.45, 7) is 0. The minimum absolute atomic E-state index is 0.0154. The summed E-state index contributed by atoms with van der Waals surface area (Å²) in [4.78, 5) is 35.2. The summed E-state index contributed by atoms with van der Waals surface area (Å²) in [5.41, 5.74) is 1.09. The second-order valence-electron chi connectivity index (χ2n) is 8.29. The Bertz CT molecular complexity index is 1350. The molecule has 0 radical (unpaired) electrons. The number of nitro groups is 1. The van der Waals surface area contributed by atoms with E-state index in [1.165, 1.54) is 30.3 Å². The van der Waals surface area contributed by atoms with E-state index in [4.69, 9.17) is 21.0 Å². The summed E-state index contributed by atoms with van der Waals surface area (Å²) in [5.74, 6) is 0.844. The van der Waals surface area contributed by atoms with Gasteiger partial charge >= 0.3 is 0 Å². The third-order valence-corrected chi connectivity index (χ3v) is 7.25. The number of rotatable bonds is 5. The fourth-order valence-electron chi connectivity index (χ4n) is 4.28. The zero-order valence-corrected chi connectivity index (χ0v) is 20.2. The van der Waals surface area contributed by atoms with Gasteiger partial charge in [-0.2, -0.15) is 0 Å². The first-order valence-electron chi connectivity index (χ1n) is 11.3.